The molecule has 2 N–H and O–H groups in total. The van der Waals surface area contributed by atoms with Crippen LogP contribution in [0.3, 0.4) is 0 Å². The van der Waals surface area contributed by atoms with Crippen molar-refractivity contribution >= 4 is 28.8 Å². The van der Waals surface area contributed by atoms with Gasteiger partial charge in [0.25, 0.3) is 11.8 Å². The van der Waals surface area contributed by atoms with Crippen LogP contribution in [0.15, 0.2) is 29.6 Å². The molecular weight excluding hydrogens is 324 g/mol. The Kier molecular flexibility index (Phi) is 4.80. The first-order valence-corrected chi connectivity index (χ1v) is 8.72. The van der Waals surface area contributed by atoms with E-state index in [1.165, 1.54) is 11.3 Å². The minimum Gasteiger partial charge on any atom is -0.378 e. The molecule has 0 saturated heterocycles. The summed E-state index contributed by atoms with van der Waals surface area (Å²) >= 11 is 1.38. The van der Waals surface area contributed by atoms with E-state index in [0.717, 1.165) is 18.5 Å². The number of hydrogen-bond acceptors (Lipinski definition) is 5. The maximum atomic E-state index is 12.2. The predicted octanol–water partition coefficient (Wildman–Crippen LogP) is 2.03. The van der Waals surface area contributed by atoms with Crippen molar-refractivity contribution in [1.82, 2.24) is 15.6 Å². The highest BCUT2D eigenvalue weighted by molar-refractivity contribution is 7.09. The van der Waals surface area contributed by atoms with Gasteiger partial charge in [-0.25, -0.2) is 4.98 Å². The molecule has 0 radical (unpaired) electrons. The fraction of sp³-hybridized carbons (Fsp3) is 0.353. The average molecular weight is 344 g/mol. The number of nitrogens with zero attached hydrogens (tertiary/aromatic N) is 2. The Bertz CT molecular complexity index is 735. The van der Waals surface area contributed by atoms with Gasteiger partial charge in [0.2, 0.25) is 0 Å². The molecule has 0 atom stereocenters. The van der Waals surface area contributed by atoms with Crippen LogP contribution in [0.4, 0.5) is 5.69 Å². The topological polar surface area (TPSA) is 74.3 Å². The first-order chi connectivity index (χ1) is 11.5. The monoisotopic (exact) mass is 344 g/mol. The zero-order chi connectivity index (χ0) is 17.1. The highest BCUT2D eigenvalue weighted by Gasteiger charge is 2.24. The maximum Gasteiger partial charge on any atom is 0.270 e. The molecule has 1 aliphatic rings. The van der Waals surface area contributed by atoms with Gasteiger partial charge in [-0.3, -0.25) is 9.59 Å². The molecular formula is C17H20N4O2S. The number of hydrogen-bond donors (Lipinski definition) is 2. The van der Waals surface area contributed by atoms with Crippen LogP contribution < -0.4 is 15.5 Å². The summed E-state index contributed by atoms with van der Waals surface area (Å²) in [6.07, 6.45) is 2.09. The molecule has 2 aromatic rings. The molecule has 1 fully saturated rings. The minimum atomic E-state index is -0.153. The molecule has 1 heterocycles. The van der Waals surface area contributed by atoms with Crippen molar-refractivity contribution in [2.24, 2.45) is 0 Å². The zero-order valence-corrected chi connectivity index (χ0v) is 14.5. The Morgan fingerprint density at radius 3 is 2.54 bits per heavy atom. The molecule has 0 aliphatic heterocycles. The molecule has 1 aliphatic carbocycles. The maximum absolute atomic E-state index is 12.2. The zero-order valence-electron chi connectivity index (χ0n) is 13.7. The van der Waals surface area contributed by atoms with Crippen LogP contribution in [0.1, 0.15) is 38.7 Å². The first-order valence-electron chi connectivity index (χ1n) is 7.84. The number of nitrogens with one attached hydrogen (secondary N) is 2. The van der Waals surface area contributed by atoms with Gasteiger partial charge >= 0.3 is 0 Å². The molecule has 1 aromatic heterocycles. The van der Waals surface area contributed by atoms with Gasteiger partial charge in [-0.2, -0.15) is 0 Å². The molecule has 1 aromatic carbocycles. The highest BCUT2D eigenvalue weighted by atomic mass is 32.1. The van der Waals surface area contributed by atoms with E-state index in [9.17, 15) is 9.59 Å². The van der Waals surface area contributed by atoms with E-state index in [-0.39, 0.29) is 11.8 Å². The van der Waals surface area contributed by atoms with Crippen LogP contribution in [0, 0.1) is 0 Å². The van der Waals surface area contributed by atoms with Crippen LogP contribution in [0.25, 0.3) is 0 Å². The van der Waals surface area contributed by atoms with E-state index >= 15 is 0 Å². The molecule has 0 spiro atoms. The predicted molar refractivity (Wildman–Crippen MR) is 94.5 cm³/mol. The lowest BCUT2D eigenvalue weighted by molar-refractivity contribution is 0.0943. The molecule has 24 heavy (non-hydrogen) atoms. The third kappa shape index (κ3) is 4.11. The molecule has 0 bridgehead atoms. The van der Waals surface area contributed by atoms with Gasteiger partial charge in [-0.1, -0.05) is 0 Å². The quantitative estimate of drug-likeness (QED) is 0.841. The van der Waals surface area contributed by atoms with Gasteiger partial charge in [-0.05, 0) is 37.1 Å². The van der Waals surface area contributed by atoms with Crippen LogP contribution in [-0.4, -0.2) is 36.9 Å². The summed E-state index contributed by atoms with van der Waals surface area (Å²) < 4.78 is 0. The Labute approximate surface area is 144 Å². The molecule has 2 amide bonds. The summed E-state index contributed by atoms with van der Waals surface area (Å²) in [6, 6.07) is 7.70. The number of benzene rings is 1. The molecule has 7 heteroatoms. The minimum absolute atomic E-state index is 0.134. The molecule has 6 nitrogen and oxygen atoms in total. The van der Waals surface area contributed by atoms with Gasteiger partial charge in [0.15, 0.2) is 0 Å². The van der Waals surface area contributed by atoms with E-state index in [2.05, 4.69) is 15.6 Å². The lowest BCUT2D eigenvalue weighted by Crippen LogP contribution is -2.26. The average Bonchev–Trinajstić information content (AvgIpc) is 3.26. The largest absolute Gasteiger partial charge is 0.378 e. The molecule has 1 saturated carbocycles. The summed E-state index contributed by atoms with van der Waals surface area (Å²) in [7, 11) is 3.91. The van der Waals surface area contributed by atoms with Crippen molar-refractivity contribution in [2.45, 2.75) is 25.4 Å². The fourth-order valence-electron chi connectivity index (χ4n) is 2.15. The fourth-order valence-corrected chi connectivity index (χ4v) is 2.87. The van der Waals surface area contributed by atoms with Gasteiger partial charge < -0.3 is 15.5 Å². The summed E-state index contributed by atoms with van der Waals surface area (Å²) in [4.78, 5) is 30.3. The number of rotatable bonds is 6. The van der Waals surface area contributed by atoms with E-state index in [4.69, 9.17) is 0 Å². The van der Waals surface area contributed by atoms with Crippen LogP contribution in [0.2, 0.25) is 0 Å². The van der Waals surface area contributed by atoms with Gasteiger partial charge in [0.05, 0.1) is 6.54 Å². The number of aromatic nitrogens is 1. The van der Waals surface area contributed by atoms with Crippen molar-refractivity contribution in [2.75, 3.05) is 19.0 Å². The lowest BCUT2D eigenvalue weighted by Gasteiger charge is -2.12. The van der Waals surface area contributed by atoms with E-state index in [1.54, 1.807) is 17.5 Å². The molecule has 0 unspecified atom stereocenters. The van der Waals surface area contributed by atoms with Crippen LogP contribution in [0.5, 0.6) is 0 Å². The van der Waals surface area contributed by atoms with Crippen molar-refractivity contribution in [3.63, 3.8) is 0 Å². The number of carbonyl (C=O) groups excluding carboxylic acids is 2. The van der Waals surface area contributed by atoms with Crippen molar-refractivity contribution in [3.8, 4) is 0 Å². The summed E-state index contributed by atoms with van der Waals surface area (Å²) in [5.41, 5.74) is 2.06. The molecule has 3 rings (SSSR count). The highest BCUT2D eigenvalue weighted by Crippen LogP contribution is 2.20. The van der Waals surface area contributed by atoms with Crippen molar-refractivity contribution < 1.29 is 9.59 Å². The first kappa shape index (κ1) is 16.4. The van der Waals surface area contributed by atoms with E-state index in [0.29, 0.717) is 28.9 Å². The third-order valence-electron chi connectivity index (χ3n) is 3.74. The SMILES string of the molecule is CN(C)c1ccc(C(=O)NCc2nc(C(=O)NC3CC3)cs2)cc1. The summed E-state index contributed by atoms with van der Waals surface area (Å²) in [5, 5.41) is 8.18. The van der Waals surface area contributed by atoms with Crippen molar-refractivity contribution in [3.05, 3.63) is 45.9 Å². The smallest absolute Gasteiger partial charge is 0.270 e. The van der Waals surface area contributed by atoms with E-state index < -0.39 is 0 Å². The Morgan fingerprint density at radius 2 is 1.92 bits per heavy atom. The Morgan fingerprint density at radius 1 is 1.21 bits per heavy atom. The second-order valence-electron chi connectivity index (χ2n) is 6.00. The normalized spacial score (nSPS) is 13.4. The third-order valence-corrected chi connectivity index (χ3v) is 4.59. The number of thiazole rings is 1. The molecule has 126 valence electrons. The number of anilines is 1. The Hall–Kier alpha value is -2.41. The second-order valence-corrected chi connectivity index (χ2v) is 6.94. The van der Waals surface area contributed by atoms with Gasteiger partial charge in [-0.15, -0.1) is 11.3 Å². The van der Waals surface area contributed by atoms with Gasteiger partial charge in [0, 0.05) is 36.8 Å². The second kappa shape index (κ2) is 7.00. The van der Waals surface area contributed by atoms with Gasteiger partial charge in [0.1, 0.15) is 10.7 Å². The standard InChI is InChI=1S/C17H20N4O2S/c1-21(2)13-7-3-11(4-8-13)16(22)18-9-15-20-14(10-24-15)17(23)19-12-5-6-12/h3-4,7-8,10,12H,5-6,9H2,1-2H3,(H,18,22)(H,19,23). The summed E-state index contributed by atoms with van der Waals surface area (Å²) in [6.45, 7) is 0.315. The number of carbonyl (C=O) groups is 2. The number of amides is 2. The lowest BCUT2D eigenvalue weighted by atomic mass is 10.2. The Balaban J connectivity index is 1.54. The van der Waals surface area contributed by atoms with Crippen LogP contribution in [-0.2, 0) is 6.54 Å². The van der Waals surface area contributed by atoms with Crippen molar-refractivity contribution in [1.29, 1.82) is 0 Å². The van der Waals surface area contributed by atoms with E-state index in [1.807, 2.05) is 31.1 Å². The summed E-state index contributed by atoms with van der Waals surface area (Å²) in [5.74, 6) is -0.287. The van der Waals surface area contributed by atoms with Crippen LogP contribution >= 0.6 is 11.3 Å².